The van der Waals surface area contributed by atoms with Crippen molar-refractivity contribution < 1.29 is 0 Å². The third-order valence-electron chi connectivity index (χ3n) is 2.23. The number of hydrogen-bond acceptors (Lipinski definition) is 2. The predicted octanol–water partition coefficient (Wildman–Crippen LogP) is 1.62. The summed E-state index contributed by atoms with van der Waals surface area (Å²) in [4.78, 5) is 0. The van der Waals surface area contributed by atoms with Crippen molar-refractivity contribution in [2.75, 3.05) is 27.2 Å². The summed E-state index contributed by atoms with van der Waals surface area (Å²) in [5.41, 5.74) is 0. The summed E-state index contributed by atoms with van der Waals surface area (Å²) in [5.74, 6) is 0.965. The molecule has 0 amide bonds. The lowest BCUT2D eigenvalue weighted by atomic mass is 10.0. The highest BCUT2D eigenvalue weighted by atomic mass is 14.9. The summed E-state index contributed by atoms with van der Waals surface area (Å²) in [6, 6.07) is 0. The van der Waals surface area contributed by atoms with Gasteiger partial charge in [-0.1, -0.05) is 19.8 Å². The minimum atomic E-state index is 0.965. The van der Waals surface area contributed by atoms with Crippen LogP contribution in [0.3, 0.4) is 0 Å². The van der Waals surface area contributed by atoms with Crippen molar-refractivity contribution in [2.45, 2.75) is 32.6 Å². The molecule has 1 fully saturated rings. The third-order valence-corrected chi connectivity index (χ3v) is 2.23. The van der Waals surface area contributed by atoms with Crippen molar-refractivity contribution in [2.24, 2.45) is 5.92 Å². The Hall–Kier alpha value is -0.0800. The van der Waals surface area contributed by atoms with Crippen LogP contribution < -0.4 is 10.6 Å². The van der Waals surface area contributed by atoms with Crippen molar-refractivity contribution in [1.29, 1.82) is 0 Å². The molecule has 1 aliphatic heterocycles. The maximum Gasteiger partial charge on any atom is -0.00206 e. The van der Waals surface area contributed by atoms with E-state index in [-0.39, 0.29) is 0 Å². The molecule has 0 aromatic rings. The summed E-state index contributed by atoms with van der Waals surface area (Å²) in [6.45, 7) is 4.80. The second kappa shape index (κ2) is 9.01. The summed E-state index contributed by atoms with van der Waals surface area (Å²) in [5, 5.41) is 6.20. The average molecular weight is 172 g/mol. The Bertz CT molecular complexity index is 75.9. The van der Waals surface area contributed by atoms with E-state index in [9.17, 15) is 0 Å². The maximum absolute atomic E-state index is 3.45. The lowest BCUT2D eigenvalue weighted by molar-refractivity contribution is 0.466. The van der Waals surface area contributed by atoms with Crippen LogP contribution in [0.4, 0.5) is 0 Å². The minimum Gasteiger partial charge on any atom is -0.323 e. The largest absolute Gasteiger partial charge is 0.323 e. The molecule has 1 aliphatic rings. The molecule has 2 nitrogen and oxygen atoms in total. The van der Waals surface area contributed by atoms with Gasteiger partial charge in [-0.2, -0.15) is 0 Å². The molecule has 12 heavy (non-hydrogen) atoms. The topological polar surface area (TPSA) is 24.1 Å². The first-order valence-corrected chi connectivity index (χ1v) is 5.14. The first-order chi connectivity index (χ1) is 5.85. The predicted molar refractivity (Wildman–Crippen MR) is 55.5 cm³/mol. The summed E-state index contributed by atoms with van der Waals surface area (Å²) in [6.07, 6.45) is 5.62. The van der Waals surface area contributed by atoms with E-state index in [2.05, 4.69) is 17.6 Å². The van der Waals surface area contributed by atoms with E-state index in [1.165, 1.54) is 38.8 Å². The zero-order valence-corrected chi connectivity index (χ0v) is 8.82. The molecule has 0 aliphatic carbocycles. The van der Waals surface area contributed by atoms with Gasteiger partial charge in [-0.25, -0.2) is 0 Å². The van der Waals surface area contributed by atoms with Gasteiger partial charge in [0, 0.05) is 0 Å². The molecular weight excluding hydrogens is 148 g/mol. The Morgan fingerprint density at radius 2 is 2.00 bits per heavy atom. The summed E-state index contributed by atoms with van der Waals surface area (Å²) >= 11 is 0. The SMILES string of the molecule is CCC1CCCCNC1.CNC. The van der Waals surface area contributed by atoms with Crippen LogP contribution in [-0.4, -0.2) is 27.2 Å². The zero-order valence-electron chi connectivity index (χ0n) is 8.82. The van der Waals surface area contributed by atoms with E-state index in [4.69, 9.17) is 0 Å². The van der Waals surface area contributed by atoms with Crippen LogP contribution in [0.15, 0.2) is 0 Å². The van der Waals surface area contributed by atoms with E-state index in [1.807, 2.05) is 14.1 Å². The van der Waals surface area contributed by atoms with Crippen molar-refractivity contribution in [3.05, 3.63) is 0 Å². The Kier molecular flexibility index (Phi) is 8.95. The molecule has 0 aromatic heterocycles. The number of hydrogen-bond donors (Lipinski definition) is 2. The average Bonchev–Trinajstić information content (AvgIpc) is 2.33. The molecule has 0 spiro atoms. The molecule has 1 unspecified atom stereocenters. The highest BCUT2D eigenvalue weighted by Crippen LogP contribution is 2.13. The Morgan fingerprint density at radius 3 is 2.58 bits per heavy atom. The zero-order chi connectivity index (χ0) is 9.23. The van der Waals surface area contributed by atoms with Gasteiger partial charge in [0.05, 0.1) is 0 Å². The van der Waals surface area contributed by atoms with Crippen LogP contribution in [0, 0.1) is 5.92 Å². The van der Waals surface area contributed by atoms with Gasteiger partial charge in [0.25, 0.3) is 0 Å². The Morgan fingerprint density at radius 1 is 1.33 bits per heavy atom. The number of rotatable bonds is 1. The Labute approximate surface area is 77.1 Å². The molecule has 0 radical (unpaired) electrons. The van der Waals surface area contributed by atoms with E-state index in [0.717, 1.165) is 5.92 Å². The van der Waals surface area contributed by atoms with Crippen LogP contribution in [0.5, 0.6) is 0 Å². The van der Waals surface area contributed by atoms with E-state index in [1.54, 1.807) is 0 Å². The molecule has 0 bridgehead atoms. The first-order valence-electron chi connectivity index (χ1n) is 5.14. The highest BCUT2D eigenvalue weighted by Gasteiger charge is 2.07. The van der Waals surface area contributed by atoms with Gasteiger partial charge in [-0.05, 0) is 45.9 Å². The third kappa shape index (κ3) is 6.62. The maximum atomic E-state index is 3.45. The van der Waals surface area contributed by atoms with Gasteiger partial charge in [-0.15, -0.1) is 0 Å². The quantitative estimate of drug-likeness (QED) is 0.628. The Balaban J connectivity index is 0.000000354. The molecule has 1 heterocycles. The van der Waals surface area contributed by atoms with E-state index in [0.29, 0.717) is 0 Å². The molecule has 0 aromatic carbocycles. The van der Waals surface area contributed by atoms with Gasteiger partial charge in [-0.3, -0.25) is 0 Å². The van der Waals surface area contributed by atoms with Gasteiger partial charge in [0.1, 0.15) is 0 Å². The smallest absolute Gasteiger partial charge is 0.00206 e. The van der Waals surface area contributed by atoms with Crippen molar-refractivity contribution >= 4 is 0 Å². The minimum absolute atomic E-state index is 0.965. The number of nitrogens with one attached hydrogen (secondary N) is 2. The highest BCUT2D eigenvalue weighted by molar-refractivity contribution is 4.65. The second-order valence-electron chi connectivity index (χ2n) is 3.47. The monoisotopic (exact) mass is 172 g/mol. The first kappa shape index (κ1) is 11.9. The standard InChI is InChI=1S/C8H17N.C2H7N/c1-2-8-5-3-4-6-9-7-8;1-3-2/h8-9H,2-7H2,1H3;3H,1-2H3. The van der Waals surface area contributed by atoms with Crippen LogP contribution in [0.2, 0.25) is 0 Å². The van der Waals surface area contributed by atoms with E-state index >= 15 is 0 Å². The summed E-state index contributed by atoms with van der Waals surface area (Å²) < 4.78 is 0. The lowest BCUT2D eigenvalue weighted by Crippen LogP contribution is -2.19. The van der Waals surface area contributed by atoms with Gasteiger partial charge >= 0.3 is 0 Å². The van der Waals surface area contributed by atoms with Crippen LogP contribution in [0.25, 0.3) is 0 Å². The van der Waals surface area contributed by atoms with Crippen LogP contribution >= 0.6 is 0 Å². The normalized spacial score (nSPS) is 23.8. The lowest BCUT2D eigenvalue weighted by Gasteiger charge is -2.09. The van der Waals surface area contributed by atoms with Gasteiger partial charge in [0.2, 0.25) is 0 Å². The summed E-state index contributed by atoms with van der Waals surface area (Å²) in [7, 11) is 3.75. The molecule has 2 heteroatoms. The van der Waals surface area contributed by atoms with Crippen LogP contribution in [0.1, 0.15) is 32.6 Å². The van der Waals surface area contributed by atoms with Crippen LogP contribution in [-0.2, 0) is 0 Å². The molecule has 74 valence electrons. The van der Waals surface area contributed by atoms with E-state index < -0.39 is 0 Å². The van der Waals surface area contributed by atoms with Gasteiger partial charge < -0.3 is 10.6 Å². The molecular formula is C10H24N2. The molecule has 2 N–H and O–H groups in total. The molecule has 0 saturated carbocycles. The fourth-order valence-electron chi connectivity index (χ4n) is 1.44. The van der Waals surface area contributed by atoms with Crippen molar-refractivity contribution in [3.63, 3.8) is 0 Å². The molecule has 1 saturated heterocycles. The van der Waals surface area contributed by atoms with Gasteiger partial charge in [0.15, 0.2) is 0 Å². The second-order valence-corrected chi connectivity index (χ2v) is 3.47. The molecule has 1 rings (SSSR count). The fraction of sp³-hybridized carbons (Fsp3) is 1.00. The van der Waals surface area contributed by atoms with Crippen molar-refractivity contribution in [1.82, 2.24) is 10.6 Å². The fourth-order valence-corrected chi connectivity index (χ4v) is 1.44. The van der Waals surface area contributed by atoms with Crippen molar-refractivity contribution in [3.8, 4) is 0 Å². The molecule has 1 atom stereocenters.